The van der Waals surface area contributed by atoms with Crippen LogP contribution in [0, 0.1) is 11.6 Å². The molecule has 94 valence electrons. The summed E-state index contributed by atoms with van der Waals surface area (Å²) in [6.07, 6.45) is 1.45. The Balaban J connectivity index is 2.19. The number of carbonyl (C=O) groups excluding carboxylic acids is 1. The molecule has 0 N–H and O–H groups in total. The van der Waals surface area contributed by atoms with E-state index in [1.54, 1.807) is 30.3 Å². The third kappa shape index (κ3) is 1.91. The van der Waals surface area contributed by atoms with Crippen LogP contribution in [0.15, 0.2) is 54.7 Å². The molecule has 1 aromatic heterocycles. The molecule has 0 aliphatic rings. The van der Waals surface area contributed by atoms with Gasteiger partial charge in [-0.25, -0.2) is 8.78 Å². The van der Waals surface area contributed by atoms with E-state index in [-0.39, 0.29) is 11.4 Å². The molecule has 19 heavy (non-hydrogen) atoms. The molecule has 0 saturated heterocycles. The molecule has 0 radical (unpaired) electrons. The van der Waals surface area contributed by atoms with Crippen molar-refractivity contribution in [3.8, 4) is 0 Å². The standard InChI is InChI=1S/C15H9F2NO/c16-12-8-11-6-7-18(14(11)13(17)9-12)15(19)10-4-2-1-3-5-10/h1-9H. The predicted octanol–water partition coefficient (Wildman–Crippen LogP) is 3.61. The first-order valence-corrected chi connectivity index (χ1v) is 5.72. The van der Waals surface area contributed by atoms with E-state index in [1.807, 2.05) is 0 Å². The summed E-state index contributed by atoms with van der Waals surface area (Å²) in [5.41, 5.74) is 0.541. The third-order valence-electron chi connectivity index (χ3n) is 2.94. The zero-order valence-corrected chi connectivity index (χ0v) is 9.81. The van der Waals surface area contributed by atoms with Crippen molar-refractivity contribution in [3.63, 3.8) is 0 Å². The molecule has 0 bridgehead atoms. The Kier molecular flexibility index (Phi) is 2.63. The molecule has 3 rings (SSSR count). The van der Waals surface area contributed by atoms with Gasteiger partial charge in [-0.1, -0.05) is 18.2 Å². The van der Waals surface area contributed by atoms with Crippen LogP contribution in [0.5, 0.6) is 0 Å². The van der Waals surface area contributed by atoms with Crippen molar-refractivity contribution in [3.05, 3.63) is 71.9 Å². The van der Waals surface area contributed by atoms with Gasteiger partial charge in [0.1, 0.15) is 5.82 Å². The number of carbonyl (C=O) groups is 1. The summed E-state index contributed by atoms with van der Waals surface area (Å²) in [5.74, 6) is -1.75. The average Bonchev–Trinajstić information content (AvgIpc) is 2.83. The van der Waals surface area contributed by atoms with Gasteiger partial charge in [-0.2, -0.15) is 0 Å². The highest BCUT2D eigenvalue weighted by Gasteiger charge is 2.15. The van der Waals surface area contributed by atoms with Crippen LogP contribution in [-0.2, 0) is 0 Å². The molecule has 1 heterocycles. The van der Waals surface area contributed by atoms with E-state index in [2.05, 4.69) is 0 Å². The van der Waals surface area contributed by atoms with Gasteiger partial charge in [0, 0.05) is 23.2 Å². The van der Waals surface area contributed by atoms with Crippen molar-refractivity contribution < 1.29 is 13.6 Å². The molecule has 2 nitrogen and oxygen atoms in total. The molecule has 0 atom stereocenters. The number of halogens is 2. The predicted molar refractivity (Wildman–Crippen MR) is 68.0 cm³/mol. The lowest BCUT2D eigenvalue weighted by molar-refractivity contribution is 0.0964. The maximum atomic E-state index is 13.8. The zero-order valence-electron chi connectivity index (χ0n) is 9.81. The third-order valence-corrected chi connectivity index (χ3v) is 2.94. The molecule has 0 aliphatic carbocycles. The molecule has 0 amide bonds. The maximum absolute atomic E-state index is 13.8. The van der Waals surface area contributed by atoms with Gasteiger partial charge < -0.3 is 0 Å². The van der Waals surface area contributed by atoms with E-state index in [9.17, 15) is 13.6 Å². The monoisotopic (exact) mass is 257 g/mol. The fourth-order valence-corrected chi connectivity index (χ4v) is 2.09. The number of fused-ring (bicyclic) bond motifs is 1. The van der Waals surface area contributed by atoms with Crippen molar-refractivity contribution in [1.29, 1.82) is 0 Å². The van der Waals surface area contributed by atoms with Crippen LogP contribution in [0.25, 0.3) is 10.9 Å². The summed E-state index contributed by atoms with van der Waals surface area (Å²) in [7, 11) is 0. The summed E-state index contributed by atoms with van der Waals surface area (Å²) in [6, 6.07) is 12.0. The van der Waals surface area contributed by atoms with E-state index >= 15 is 0 Å². The first kappa shape index (κ1) is 11.6. The minimum atomic E-state index is -0.746. The van der Waals surface area contributed by atoms with Crippen LogP contribution in [0.1, 0.15) is 10.4 Å². The number of benzene rings is 2. The smallest absolute Gasteiger partial charge is 0.262 e. The molecule has 0 spiro atoms. The molecule has 0 fully saturated rings. The second-order valence-corrected chi connectivity index (χ2v) is 4.18. The second-order valence-electron chi connectivity index (χ2n) is 4.18. The maximum Gasteiger partial charge on any atom is 0.262 e. The summed E-state index contributed by atoms with van der Waals surface area (Å²) in [4.78, 5) is 12.3. The summed E-state index contributed by atoms with van der Waals surface area (Å²) >= 11 is 0. The normalized spacial score (nSPS) is 10.8. The Morgan fingerprint density at radius 2 is 1.74 bits per heavy atom. The Bertz CT molecular complexity index is 762. The quantitative estimate of drug-likeness (QED) is 0.652. The molecule has 4 heteroatoms. The van der Waals surface area contributed by atoms with Gasteiger partial charge in [0.25, 0.3) is 5.91 Å². The van der Waals surface area contributed by atoms with E-state index < -0.39 is 11.6 Å². The topological polar surface area (TPSA) is 22.0 Å². The van der Waals surface area contributed by atoms with Crippen molar-refractivity contribution in [1.82, 2.24) is 4.57 Å². The van der Waals surface area contributed by atoms with Crippen LogP contribution in [-0.4, -0.2) is 10.5 Å². The largest absolute Gasteiger partial charge is 0.280 e. The summed E-state index contributed by atoms with van der Waals surface area (Å²) < 4.78 is 28.1. The van der Waals surface area contributed by atoms with Crippen molar-refractivity contribution >= 4 is 16.8 Å². The van der Waals surface area contributed by atoms with Gasteiger partial charge in [-0.3, -0.25) is 9.36 Å². The SMILES string of the molecule is O=C(c1ccccc1)n1ccc2cc(F)cc(F)c21. The Hall–Kier alpha value is -2.49. The van der Waals surface area contributed by atoms with E-state index in [0.717, 1.165) is 6.07 Å². The Labute approximate surface area is 107 Å². The van der Waals surface area contributed by atoms with Gasteiger partial charge in [0.15, 0.2) is 5.82 Å². The van der Waals surface area contributed by atoms with E-state index in [0.29, 0.717) is 10.9 Å². The molecule has 0 aliphatic heterocycles. The lowest BCUT2D eigenvalue weighted by atomic mass is 10.2. The average molecular weight is 257 g/mol. The second kappa shape index (κ2) is 4.31. The number of nitrogens with zero attached hydrogens (tertiary/aromatic N) is 1. The summed E-state index contributed by atoms with van der Waals surface area (Å²) in [6.45, 7) is 0. The number of aromatic nitrogens is 1. The first-order chi connectivity index (χ1) is 9.16. The fourth-order valence-electron chi connectivity index (χ4n) is 2.09. The van der Waals surface area contributed by atoms with Crippen LogP contribution >= 0.6 is 0 Å². The molecule has 0 saturated carbocycles. The van der Waals surface area contributed by atoms with Crippen LogP contribution in [0.3, 0.4) is 0 Å². The highest BCUT2D eigenvalue weighted by molar-refractivity contribution is 6.02. The highest BCUT2D eigenvalue weighted by atomic mass is 19.1. The van der Waals surface area contributed by atoms with Crippen LogP contribution in [0.2, 0.25) is 0 Å². The van der Waals surface area contributed by atoms with Gasteiger partial charge >= 0.3 is 0 Å². The minimum absolute atomic E-state index is 0.0928. The Morgan fingerprint density at radius 3 is 2.47 bits per heavy atom. The molecular formula is C15H9F2NO. The van der Waals surface area contributed by atoms with Gasteiger partial charge in [-0.15, -0.1) is 0 Å². The lowest BCUT2D eigenvalue weighted by Gasteiger charge is -2.05. The molecule has 2 aromatic carbocycles. The molecule has 0 unspecified atom stereocenters. The van der Waals surface area contributed by atoms with Crippen LogP contribution < -0.4 is 0 Å². The van der Waals surface area contributed by atoms with Gasteiger partial charge in [-0.05, 0) is 24.3 Å². The Morgan fingerprint density at radius 1 is 1.00 bits per heavy atom. The van der Waals surface area contributed by atoms with Crippen molar-refractivity contribution in [2.75, 3.05) is 0 Å². The summed E-state index contributed by atoms with van der Waals surface area (Å²) in [5, 5.41) is 0.363. The van der Waals surface area contributed by atoms with Crippen molar-refractivity contribution in [2.24, 2.45) is 0 Å². The van der Waals surface area contributed by atoms with E-state index in [4.69, 9.17) is 0 Å². The van der Waals surface area contributed by atoms with Crippen LogP contribution in [0.4, 0.5) is 8.78 Å². The minimum Gasteiger partial charge on any atom is -0.280 e. The number of rotatable bonds is 1. The number of hydrogen-bond donors (Lipinski definition) is 0. The highest BCUT2D eigenvalue weighted by Crippen LogP contribution is 2.22. The van der Waals surface area contributed by atoms with E-state index in [1.165, 1.54) is 22.9 Å². The molecule has 3 aromatic rings. The first-order valence-electron chi connectivity index (χ1n) is 5.72. The van der Waals surface area contributed by atoms with Gasteiger partial charge in [0.05, 0.1) is 5.52 Å². The lowest BCUT2D eigenvalue weighted by Crippen LogP contribution is -2.11. The number of hydrogen-bond acceptors (Lipinski definition) is 1. The molecular weight excluding hydrogens is 248 g/mol. The van der Waals surface area contributed by atoms with Crippen molar-refractivity contribution in [2.45, 2.75) is 0 Å². The fraction of sp³-hybridized carbons (Fsp3) is 0. The zero-order chi connectivity index (χ0) is 13.4. The van der Waals surface area contributed by atoms with Gasteiger partial charge in [0.2, 0.25) is 0 Å².